The highest BCUT2D eigenvalue weighted by Crippen LogP contribution is 2.35. The Morgan fingerprint density at radius 3 is 2.68 bits per heavy atom. The fourth-order valence-electron chi connectivity index (χ4n) is 2.36. The third-order valence-electron chi connectivity index (χ3n) is 3.70. The first kappa shape index (κ1) is 13.8. The van der Waals surface area contributed by atoms with Crippen LogP contribution in [0.4, 0.5) is 5.69 Å². The number of allylic oxidation sites excluding steroid dienone is 1. The minimum Gasteiger partial charge on any atom is -0.361 e. The van der Waals surface area contributed by atoms with Crippen LogP contribution in [0.1, 0.15) is 31.4 Å². The quantitative estimate of drug-likeness (QED) is 0.763. The van der Waals surface area contributed by atoms with Crippen molar-refractivity contribution in [2.45, 2.75) is 32.2 Å². The van der Waals surface area contributed by atoms with Gasteiger partial charge >= 0.3 is 0 Å². The molecule has 0 aromatic heterocycles. The van der Waals surface area contributed by atoms with Gasteiger partial charge in [-0.1, -0.05) is 32.1 Å². The maximum Gasteiger partial charge on any atom is 0.0418 e. The van der Waals surface area contributed by atoms with E-state index < -0.39 is 0 Å². The molecule has 0 aliphatic carbocycles. The van der Waals surface area contributed by atoms with Gasteiger partial charge in [0.15, 0.2) is 0 Å². The van der Waals surface area contributed by atoms with Gasteiger partial charge in [-0.25, -0.2) is 0 Å². The van der Waals surface area contributed by atoms with Crippen LogP contribution in [-0.4, -0.2) is 6.54 Å². The molecule has 19 heavy (non-hydrogen) atoms. The van der Waals surface area contributed by atoms with Crippen LogP contribution in [0.3, 0.4) is 0 Å². The third kappa shape index (κ3) is 3.06. The number of anilines is 1. The summed E-state index contributed by atoms with van der Waals surface area (Å²) in [5.41, 5.74) is 16.3. The SMILES string of the molecule is CC1(C)C/C=C(CN)\C=C/Nc2ccc(CN)cc21. The second-order valence-electron chi connectivity index (χ2n) is 5.63. The molecule has 5 N–H and O–H groups in total. The Bertz CT molecular complexity index is 513. The molecule has 1 aliphatic heterocycles. The largest absolute Gasteiger partial charge is 0.361 e. The van der Waals surface area contributed by atoms with E-state index >= 15 is 0 Å². The van der Waals surface area contributed by atoms with Gasteiger partial charge < -0.3 is 16.8 Å². The molecule has 0 amide bonds. The van der Waals surface area contributed by atoms with Crippen molar-refractivity contribution in [2.75, 3.05) is 11.9 Å². The fourth-order valence-corrected chi connectivity index (χ4v) is 2.36. The Balaban J connectivity index is 2.47. The molecule has 0 unspecified atom stereocenters. The predicted octanol–water partition coefficient (Wildman–Crippen LogP) is 2.64. The molecule has 1 heterocycles. The van der Waals surface area contributed by atoms with E-state index in [9.17, 15) is 0 Å². The minimum absolute atomic E-state index is 0.0555. The van der Waals surface area contributed by atoms with Crippen LogP contribution >= 0.6 is 0 Å². The van der Waals surface area contributed by atoms with Gasteiger partial charge in [-0.05, 0) is 40.7 Å². The van der Waals surface area contributed by atoms with Crippen LogP contribution < -0.4 is 16.8 Å². The summed E-state index contributed by atoms with van der Waals surface area (Å²) < 4.78 is 0. The molecule has 3 heteroatoms. The van der Waals surface area contributed by atoms with Crippen molar-refractivity contribution in [2.24, 2.45) is 11.5 Å². The predicted molar refractivity (Wildman–Crippen MR) is 81.9 cm³/mol. The Kier molecular flexibility index (Phi) is 4.08. The maximum absolute atomic E-state index is 5.75. The molecule has 0 saturated heterocycles. The minimum atomic E-state index is 0.0555. The molecule has 1 aromatic carbocycles. The van der Waals surface area contributed by atoms with E-state index in [1.807, 2.05) is 12.3 Å². The number of nitrogens with one attached hydrogen (secondary N) is 1. The van der Waals surface area contributed by atoms with Crippen molar-refractivity contribution in [1.29, 1.82) is 0 Å². The molecule has 0 radical (unpaired) electrons. The normalized spacial score (nSPS) is 22.0. The summed E-state index contributed by atoms with van der Waals surface area (Å²) in [6.07, 6.45) is 7.19. The topological polar surface area (TPSA) is 64.1 Å². The molecular weight excluding hydrogens is 234 g/mol. The van der Waals surface area contributed by atoms with Gasteiger partial charge in [0.05, 0.1) is 0 Å². The van der Waals surface area contributed by atoms with Gasteiger partial charge in [0.1, 0.15) is 0 Å². The van der Waals surface area contributed by atoms with Crippen LogP contribution in [0.25, 0.3) is 0 Å². The van der Waals surface area contributed by atoms with Gasteiger partial charge in [0.2, 0.25) is 0 Å². The van der Waals surface area contributed by atoms with Gasteiger partial charge in [-0.15, -0.1) is 0 Å². The molecule has 1 aromatic rings. The monoisotopic (exact) mass is 257 g/mol. The average molecular weight is 257 g/mol. The van der Waals surface area contributed by atoms with Crippen LogP contribution in [0, 0.1) is 0 Å². The standard InChI is InChI=1S/C16H23N3/c1-16(2)7-5-12(10-17)6-8-19-15-4-3-13(11-18)9-14(15)16/h3-6,8-9,19H,7,10-11,17-18H2,1-2H3/b8-6-,12-5+. The van der Waals surface area contributed by atoms with Crippen LogP contribution in [-0.2, 0) is 12.0 Å². The first-order chi connectivity index (χ1) is 9.06. The maximum atomic E-state index is 5.75. The highest BCUT2D eigenvalue weighted by molar-refractivity contribution is 5.58. The molecule has 1 aliphatic rings. The molecule has 0 spiro atoms. The van der Waals surface area contributed by atoms with E-state index in [1.165, 1.54) is 11.1 Å². The second-order valence-corrected chi connectivity index (χ2v) is 5.63. The molecule has 102 valence electrons. The number of hydrogen-bond donors (Lipinski definition) is 3. The number of nitrogens with two attached hydrogens (primary N) is 2. The Morgan fingerprint density at radius 2 is 2.00 bits per heavy atom. The first-order valence-electron chi connectivity index (χ1n) is 6.72. The lowest BCUT2D eigenvalue weighted by Crippen LogP contribution is -2.18. The molecule has 0 bridgehead atoms. The van der Waals surface area contributed by atoms with Gasteiger partial charge in [-0.3, -0.25) is 0 Å². The fraction of sp³-hybridized carbons (Fsp3) is 0.375. The second kappa shape index (κ2) is 5.59. The summed E-state index contributed by atoms with van der Waals surface area (Å²) in [5, 5.41) is 3.36. The summed E-state index contributed by atoms with van der Waals surface area (Å²) in [6, 6.07) is 6.39. The molecule has 0 atom stereocenters. The number of hydrogen-bond acceptors (Lipinski definition) is 3. The zero-order valence-corrected chi connectivity index (χ0v) is 11.7. The highest BCUT2D eigenvalue weighted by Gasteiger charge is 2.23. The van der Waals surface area contributed by atoms with Crippen molar-refractivity contribution >= 4 is 5.69 Å². The lowest BCUT2D eigenvalue weighted by Gasteiger charge is -2.27. The van der Waals surface area contributed by atoms with Gasteiger partial charge in [-0.2, -0.15) is 0 Å². The summed E-state index contributed by atoms with van der Waals surface area (Å²) in [4.78, 5) is 0. The van der Waals surface area contributed by atoms with E-state index in [-0.39, 0.29) is 5.41 Å². The molecular formula is C16H23N3. The summed E-state index contributed by atoms with van der Waals surface area (Å²) in [7, 11) is 0. The van der Waals surface area contributed by atoms with Gasteiger partial charge in [0, 0.05) is 25.0 Å². The summed E-state index contributed by atoms with van der Waals surface area (Å²) >= 11 is 0. The van der Waals surface area contributed by atoms with E-state index in [2.05, 4.69) is 43.4 Å². The number of rotatable bonds is 2. The van der Waals surface area contributed by atoms with E-state index in [0.717, 1.165) is 17.7 Å². The highest BCUT2D eigenvalue weighted by atomic mass is 14.8. The Labute approximate surface area is 115 Å². The lowest BCUT2D eigenvalue weighted by atomic mass is 9.79. The summed E-state index contributed by atoms with van der Waals surface area (Å²) in [6.45, 7) is 5.65. The number of benzene rings is 1. The smallest absolute Gasteiger partial charge is 0.0418 e. The first-order valence-corrected chi connectivity index (χ1v) is 6.72. The van der Waals surface area contributed by atoms with Crippen molar-refractivity contribution in [3.8, 4) is 0 Å². The van der Waals surface area contributed by atoms with Crippen molar-refractivity contribution in [1.82, 2.24) is 0 Å². The Hall–Kier alpha value is -1.58. The van der Waals surface area contributed by atoms with E-state index in [0.29, 0.717) is 13.1 Å². The lowest BCUT2D eigenvalue weighted by molar-refractivity contribution is 0.534. The zero-order valence-electron chi connectivity index (χ0n) is 11.7. The molecule has 0 saturated carbocycles. The number of fused-ring (bicyclic) bond motifs is 1. The summed E-state index contributed by atoms with van der Waals surface area (Å²) in [5.74, 6) is 0. The van der Waals surface area contributed by atoms with Crippen LogP contribution in [0.15, 0.2) is 42.1 Å². The van der Waals surface area contributed by atoms with Crippen LogP contribution in [0.2, 0.25) is 0 Å². The zero-order chi connectivity index (χ0) is 13.9. The molecule has 2 rings (SSSR count). The molecule has 0 fully saturated rings. The average Bonchev–Trinajstić information content (AvgIpc) is 2.47. The van der Waals surface area contributed by atoms with Crippen molar-refractivity contribution < 1.29 is 0 Å². The van der Waals surface area contributed by atoms with Gasteiger partial charge in [0.25, 0.3) is 0 Å². The third-order valence-corrected chi connectivity index (χ3v) is 3.70. The van der Waals surface area contributed by atoms with Crippen molar-refractivity contribution in [3.05, 3.63) is 53.3 Å². The van der Waals surface area contributed by atoms with E-state index in [4.69, 9.17) is 11.5 Å². The Morgan fingerprint density at radius 1 is 1.21 bits per heavy atom. The molecule has 3 nitrogen and oxygen atoms in total. The van der Waals surface area contributed by atoms with Crippen molar-refractivity contribution in [3.63, 3.8) is 0 Å². The van der Waals surface area contributed by atoms with Crippen LogP contribution in [0.5, 0.6) is 0 Å². The van der Waals surface area contributed by atoms with E-state index in [1.54, 1.807) is 0 Å².